The van der Waals surface area contributed by atoms with E-state index in [1.165, 1.54) is 10.9 Å². The van der Waals surface area contributed by atoms with E-state index in [0.29, 0.717) is 24.2 Å². The Labute approximate surface area is 88.9 Å². The third-order valence-electron chi connectivity index (χ3n) is 2.43. The lowest BCUT2D eigenvalue weighted by molar-refractivity contribution is -0.291. The Morgan fingerprint density at radius 1 is 1.62 bits per heavy atom. The average Bonchev–Trinajstić information content (AvgIpc) is 2.87. The Morgan fingerprint density at radius 3 is 3.25 bits per heavy atom. The van der Waals surface area contributed by atoms with Gasteiger partial charge in [0.1, 0.15) is 0 Å². The second-order valence-corrected chi connectivity index (χ2v) is 3.41. The number of fused-ring (bicyclic) bond motifs is 1. The smallest absolute Gasteiger partial charge is 0.283 e. The predicted molar refractivity (Wildman–Crippen MR) is 53.3 cm³/mol. The van der Waals surface area contributed by atoms with Gasteiger partial charge in [-0.15, -0.1) is 0 Å². The number of H-pyrrole nitrogens is 1. The van der Waals surface area contributed by atoms with Crippen LogP contribution in [-0.2, 0) is 9.78 Å². The van der Waals surface area contributed by atoms with E-state index in [4.69, 9.17) is 15.5 Å². The summed E-state index contributed by atoms with van der Waals surface area (Å²) in [5.41, 5.74) is 5.99. The Morgan fingerprint density at radius 2 is 2.50 bits per heavy atom. The molecule has 0 spiro atoms. The molecule has 3 N–H and O–H groups in total. The zero-order valence-electron chi connectivity index (χ0n) is 8.21. The fraction of sp³-hybridized carbons (Fsp3) is 0.375. The molecule has 2 aromatic rings. The summed E-state index contributed by atoms with van der Waals surface area (Å²) in [6.07, 6.45) is 1.44. The van der Waals surface area contributed by atoms with Crippen molar-refractivity contribution in [3.63, 3.8) is 0 Å². The second-order valence-electron chi connectivity index (χ2n) is 3.41. The van der Waals surface area contributed by atoms with Crippen LogP contribution in [0.2, 0.25) is 0 Å². The molecule has 0 amide bonds. The maximum atomic E-state index is 12.0. The zero-order chi connectivity index (χ0) is 11.1. The Hall–Kier alpha value is -1.93. The molecule has 8 nitrogen and oxygen atoms in total. The molecule has 0 aliphatic carbocycles. The van der Waals surface area contributed by atoms with Crippen molar-refractivity contribution in [2.45, 2.75) is 12.6 Å². The van der Waals surface area contributed by atoms with Crippen LogP contribution >= 0.6 is 0 Å². The lowest BCUT2D eigenvalue weighted by atomic mass is 10.4. The standard InChI is InChI=1S/C8H9N5O3/c9-8-12-6-5(10-3-11-6)7(14)13(8)4-1-2-15-16-4/h3-4H,1-2H2,(H2,9,12)(H,10,11). The summed E-state index contributed by atoms with van der Waals surface area (Å²) in [5, 5.41) is 0. The third-order valence-corrected chi connectivity index (χ3v) is 2.43. The van der Waals surface area contributed by atoms with Crippen LogP contribution < -0.4 is 11.3 Å². The number of rotatable bonds is 1. The molecule has 1 unspecified atom stereocenters. The first-order valence-corrected chi connectivity index (χ1v) is 4.77. The molecule has 0 aromatic carbocycles. The van der Waals surface area contributed by atoms with Crippen LogP contribution in [0, 0.1) is 0 Å². The zero-order valence-corrected chi connectivity index (χ0v) is 8.21. The highest BCUT2D eigenvalue weighted by atomic mass is 17.2. The van der Waals surface area contributed by atoms with Gasteiger partial charge in [0.05, 0.1) is 12.9 Å². The summed E-state index contributed by atoms with van der Waals surface area (Å²) >= 11 is 0. The molecule has 3 heterocycles. The summed E-state index contributed by atoms with van der Waals surface area (Å²) in [4.78, 5) is 32.3. The van der Waals surface area contributed by atoms with E-state index in [-0.39, 0.29) is 11.5 Å². The van der Waals surface area contributed by atoms with Gasteiger partial charge < -0.3 is 10.7 Å². The van der Waals surface area contributed by atoms with E-state index in [2.05, 4.69) is 15.0 Å². The molecule has 0 saturated carbocycles. The molecule has 2 aromatic heterocycles. The Kier molecular flexibility index (Phi) is 1.91. The maximum absolute atomic E-state index is 12.0. The summed E-state index contributed by atoms with van der Waals surface area (Å²) in [6.45, 7) is 0.428. The first-order valence-electron chi connectivity index (χ1n) is 4.77. The third kappa shape index (κ3) is 1.20. The Bertz CT molecular complexity index is 583. The van der Waals surface area contributed by atoms with Crippen molar-refractivity contribution in [2.75, 3.05) is 12.3 Å². The van der Waals surface area contributed by atoms with Crippen LogP contribution in [0.4, 0.5) is 5.95 Å². The molecule has 1 saturated heterocycles. The van der Waals surface area contributed by atoms with E-state index in [1.807, 2.05) is 0 Å². The number of imidazole rings is 1. The van der Waals surface area contributed by atoms with Gasteiger partial charge in [-0.3, -0.25) is 4.79 Å². The number of aromatic amines is 1. The number of hydrogen-bond acceptors (Lipinski definition) is 6. The van der Waals surface area contributed by atoms with Crippen LogP contribution in [0.3, 0.4) is 0 Å². The van der Waals surface area contributed by atoms with Crippen LogP contribution in [0.25, 0.3) is 11.2 Å². The molecule has 0 radical (unpaired) electrons. The number of nitrogen functional groups attached to an aromatic ring is 1. The Balaban J connectivity index is 2.26. The highest BCUT2D eigenvalue weighted by molar-refractivity contribution is 5.69. The van der Waals surface area contributed by atoms with Gasteiger partial charge >= 0.3 is 0 Å². The van der Waals surface area contributed by atoms with Gasteiger partial charge in [0.25, 0.3) is 5.56 Å². The summed E-state index contributed by atoms with van der Waals surface area (Å²) in [6, 6.07) is 0. The number of nitrogens with one attached hydrogen (secondary N) is 1. The number of nitrogens with zero attached hydrogens (tertiary/aromatic N) is 3. The van der Waals surface area contributed by atoms with Crippen molar-refractivity contribution in [3.05, 3.63) is 16.7 Å². The fourth-order valence-corrected chi connectivity index (χ4v) is 1.69. The van der Waals surface area contributed by atoms with Gasteiger partial charge in [0.15, 0.2) is 17.4 Å². The highest BCUT2D eigenvalue weighted by Crippen LogP contribution is 2.21. The predicted octanol–water partition coefficient (Wildman–Crippen LogP) is -0.448. The molecule has 0 bridgehead atoms. The molecule has 3 rings (SSSR count). The number of hydrogen-bond donors (Lipinski definition) is 2. The molecule has 1 aliphatic heterocycles. The summed E-state index contributed by atoms with van der Waals surface area (Å²) in [7, 11) is 0. The van der Waals surface area contributed by atoms with Gasteiger partial charge in [0.2, 0.25) is 5.95 Å². The number of nitrogens with two attached hydrogens (primary N) is 1. The molecule has 1 atom stereocenters. The minimum absolute atomic E-state index is 0.0695. The molecule has 1 aliphatic rings. The molecular weight excluding hydrogens is 214 g/mol. The van der Waals surface area contributed by atoms with E-state index in [1.54, 1.807) is 0 Å². The lowest BCUT2D eigenvalue weighted by Crippen LogP contribution is -2.28. The molecule has 84 valence electrons. The monoisotopic (exact) mass is 223 g/mol. The van der Waals surface area contributed by atoms with Crippen molar-refractivity contribution in [1.29, 1.82) is 0 Å². The molecule has 1 fully saturated rings. The van der Waals surface area contributed by atoms with Gasteiger partial charge in [-0.2, -0.15) is 4.98 Å². The van der Waals surface area contributed by atoms with Crippen LogP contribution in [-0.4, -0.2) is 26.1 Å². The normalized spacial score (nSPS) is 20.6. The maximum Gasteiger partial charge on any atom is 0.283 e. The van der Waals surface area contributed by atoms with Crippen LogP contribution in [0.5, 0.6) is 0 Å². The topological polar surface area (TPSA) is 108 Å². The van der Waals surface area contributed by atoms with E-state index in [0.717, 1.165) is 0 Å². The quantitative estimate of drug-likeness (QED) is 0.634. The van der Waals surface area contributed by atoms with Crippen molar-refractivity contribution in [1.82, 2.24) is 19.5 Å². The second kappa shape index (κ2) is 3.29. The lowest BCUT2D eigenvalue weighted by Gasteiger charge is -2.12. The summed E-state index contributed by atoms with van der Waals surface area (Å²) in [5.74, 6) is 0.0695. The van der Waals surface area contributed by atoms with Gasteiger partial charge in [-0.25, -0.2) is 19.3 Å². The highest BCUT2D eigenvalue weighted by Gasteiger charge is 2.24. The van der Waals surface area contributed by atoms with Crippen molar-refractivity contribution >= 4 is 17.1 Å². The summed E-state index contributed by atoms with van der Waals surface area (Å²) < 4.78 is 1.26. The molecule has 8 heteroatoms. The van der Waals surface area contributed by atoms with E-state index >= 15 is 0 Å². The van der Waals surface area contributed by atoms with Crippen molar-refractivity contribution < 1.29 is 9.78 Å². The van der Waals surface area contributed by atoms with Crippen LogP contribution in [0.15, 0.2) is 11.1 Å². The SMILES string of the molecule is Nc1nc2nc[nH]c2c(=O)n1C1CCOO1. The van der Waals surface area contributed by atoms with E-state index in [9.17, 15) is 4.79 Å². The number of aromatic nitrogens is 4. The van der Waals surface area contributed by atoms with E-state index < -0.39 is 6.23 Å². The first-order chi connectivity index (χ1) is 7.77. The largest absolute Gasteiger partial charge is 0.369 e. The van der Waals surface area contributed by atoms with Crippen molar-refractivity contribution in [3.8, 4) is 0 Å². The van der Waals surface area contributed by atoms with Gasteiger partial charge in [0, 0.05) is 6.42 Å². The van der Waals surface area contributed by atoms with Gasteiger partial charge in [-0.1, -0.05) is 0 Å². The van der Waals surface area contributed by atoms with Crippen LogP contribution in [0.1, 0.15) is 12.6 Å². The first kappa shape index (κ1) is 9.31. The molecule has 16 heavy (non-hydrogen) atoms. The van der Waals surface area contributed by atoms with Crippen molar-refractivity contribution in [2.24, 2.45) is 0 Å². The minimum Gasteiger partial charge on any atom is -0.369 e. The number of anilines is 1. The molecular formula is C8H9N5O3. The minimum atomic E-state index is -0.521. The average molecular weight is 223 g/mol. The van der Waals surface area contributed by atoms with Gasteiger partial charge in [-0.05, 0) is 0 Å². The fourth-order valence-electron chi connectivity index (χ4n) is 1.69.